The molecular weight excluding hydrogens is 647 g/mol. The molecule has 0 spiro atoms. The Hall–Kier alpha value is -6.48. The number of fused-ring (bicyclic) bond motifs is 6. The predicted octanol–water partition coefficient (Wildman–Crippen LogP) is 14.8. The SMILES string of the molecule is c1ccc(-c2ccccc2N(c2ccc(-c3ccc4c(c3)sc3ccc5ccccc5c34)cc2)c2ccc(-c3cccc4ccccc34)cc2)cc1. The van der Waals surface area contributed by atoms with E-state index >= 15 is 0 Å². The smallest absolute Gasteiger partial charge is 0.0540 e. The molecule has 10 aromatic rings. The number of para-hydroxylation sites is 1. The normalized spacial score (nSPS) is 11.5. The Balaban J connectivity index is 1.07. The van der Waals surface area contributed by atoms with E-state index in [1.54, 1.807) is 0 Å². The van der Waals surface area contributed by atoms with Crippen molar-refractivity contribution in [2.24, 2.45) is 0 Å². The summed E-state index contributed by atoms with van der Waals surface area (Å²) in [5.74, 6) is 0. The molecular formula is C50H33NS. The fourth-order valence-corrected chi connectivity index (χ4v) is 8.91. The van der Waals surface area contributed by atoms with E-state index in [-0.39, 0.29) is 0 Å². The molecule has 0 saturated heterocycles. The lowest BCUT2D eigenvalue weighted by Gasteiger charge is -2.28. The molecule has 1 nitrogen and oxygen atoms in total. The Bertz CT molecular complexity index is 2880. The molecule has 0 fully saturated rings. The van der Waals surface area contributed by atoms with E-state index in [0.29, 0.717) is 0 Å². The van der Waals surface area contributed by atoms with Crippen LogP contribution >= 0.6 is 11.3 Å². The number of thiophene rings is 1. The molecule has 0 aliphatic heterocycles. The van der Waals surface area contributed by atoms with Gasteiger partial charge in [0.15, 0.2) is 0 Å². The topological polar surface area (TPSA) is 3.24 Å². The van der Waals surface area contributed by atoms with Crippen LogP contribution in [0.2, 0.25) is 0 Å². The predicted molar refractivity (Wildman–Crippen MR) is 225 cm³/mol. The van der Waals surface area contributed by atoms with E-state index in [1.165, 1.54) is 75.1 Å². The minimum Gasteiger partial charge on any atom is -0.310 e. The lowest BCUT2D eigenvalue weighted by atomic mass is 9.97. The maximum absolute atomic E-state index is 2.39. The Morgan fingerprint density at radius 3 is 1.69 bits per heavy atom. The van der Waals surface area contributed by atoms with Crippen LogP contribution in [0.5, 0.6) is 0 Å². The van der Waals surface area contributed by atoms with Gasteiger partial charge in [-0.15, -0.1) is 11.3 Å². The van der Waals surface area contributed by atoms with Crippen LogP contribution in [-0.4, -0.2) is 0 Å². The van der Waals surface area contributed by atoms with Crippen LogP contribution in [-0.2, 0) is 0 Å². The average molecular weight is 680 g/mol. The Kier molecular flexibility index (Phi) is 7.41. The van der Waals surface area contributed by atoms with Gasteiger partial charge in [-0.25, -0.2) is 0 Å². The van der Waals surface area contributed by atoms with Crippen molar-refractivity contribution in [3.05, 3.63) is 200 Å². The zero-order valence-electron chi connectivity index (χ0n) is 28.4. The van der Waals surface area contributed by atoms with Crippen molar-refractivity contribution in [1.82, 2.24) is 0 Å². The van der Waals surface area contributed by atoms with Crippen LogP contribution < -0.4 is 4.90 Å². The third kappa shape index (κ3) is 5.24. The molecule has 2 heteroatoms. The molecule has 52 heavy (non-hydrogen) atoms. The summed E-state index contributed by atoms with van der Waals surface area (Å²) in [6.07, 6.45) is 0. The minimum absolute atomic E-state index is 1.11. The second kappa shape index (κ2) is 12.7. The Labute approximate surface area is 307 Å². The first kappa shape index (κ1) is 30.4. The van der Waals surface area contributed by atoms with Crippen LogP contribution in [0.4, 0.5) is 17.1 Å². The summed E-state index contributed by atoms with van der Waals surface area (Å²) in [5.41, 5.74) is 10.6. The first-order valence-electron chi connectivity index (χ1n) is 17.8. The van der Waals surface area contributed by atoms with Crippen molar-refractivity contribution in [2.75, 3.05) is 4.90 Å². The van der Waals surface area contributed by atoms with Crippen molar-refractivity contribution in [3.8, 4) is 33.4 Å². The molecule has 0 radical (unpaired) electrons. The highest BCUT2D eigenvalue weighted by molar-refractivity contribution is 7.26. The molecule has 1 heterocycles. The zero-order chi connectivity index (χ0) is 34.4. The monoisotopic (exact) mass is 679 g/mol. The number of hydrogen-bond acceptors (Lipinski definition) is 2. The number of hydrogen-bond donors (Lipinski definition) is 0. The highest BCUT2D eigenvalue weighted by atomic mass is 32.1. The second-order valence-electron chi connectivity index (χ2n) is 13.3. The van der Waals surface area contributed by atoms with Crippen LogP contribution in [0.1, 0.15) is 0 Å². The van der Waals surface area contributed by atoms with Gasteiger partial charge in [-0.1, -0.05) is 158 Å². The number of rotatable bonds is 6. The van der Waals surface area contributed by atoms with E-state index in [4.69, 9.17) is 0 Å². The third-order valence-electron chi connectivity index (χ3n) is 10.3. The number of benzene rings is 9. The summed E-state index contributed by atoms with van der Waals surface area (Å²) >= 11 is 1.88. The van der Waals surface area contributed by atoms with E-state index in [2.05, 4.69) is 205 Å². The summed E-state index contributed by atoms with van der Waals surface area (Å²) in [6.45, 7) is 0. The Morgan fingerprint density at radius 1 is 0.327 bits per heavy atom. The van der Waals surface area contributed by atoms with Crippen molar-refractivity contribution in [1.29, 1.82) is 0 Å². The van der Waals surface area contributed by atoms with Gasteiger partial charge >= 0.3 is 0 Å². The Morgan fingerprint density at radius 2 is 0.904 bits per heavy atom. The molecule has 0 unspecified atom stereocenters. The average Bonchev–Trinajstić information content (AvgIpc) is 3.60. The summed E-state index contributed by atoms with van der Waals surface area (Å²) in [5, 5.41) is 7.82. The molecule has 9 aromatic carbocycles. The number of nitrogens with zero attached hydrogens (tertiary/aromatic N) is 1. The molecule has 0 atom stereocenters. The summed E-state index contributed by atoms with van der Waals surface area (Å²) in [7, 11) is 0. The van der Waals surface area contributed by atoms with Gasteiger partial charge in [0.1, 0.15) is 0 Å². The first-order valence-corrected chi connectivity index (χ1v) is 18.6. The third-order valence-corrected chi connectivity index (χ3v) is 11.4. The molecule has 0 aliphatic carbocycles. The van der Waals surface area contributed by atoms with E-state index in [9.17, 15) is 0 Å². The van der Waals surface area contributed by atoms with Gasteiger partial charge in [-0.3, -0.25) is 0 Å². The summed E-state index contributed by atoms with van der Waals surface area (Å²) < 4.78 is 2.65. The molecule has 1 aromatic heterocycles. The van der Waals surface area contributed by atoms with Crippen molar-refractivity contribution < 1.29 is 0 Å². The lowest BCUT2D eigenvalue weighted by Crippen LogP contribution is -2.11. The maximum Gasteiger partial charge on any atom is 0.0540 e. The van der Waals surface area contributed by atoms with Crippen molar-refractivity contribution in [3.63, 3.8) is 0 Å². The number of anilines is 3. The minimum atomic E-state index is 1.11. The van der Waals surface area contributed by atoms with E-state index in [1.807, 2.05) is 11.3 Å². The lowest BCUT2D eigenvalue weighted by molar-refractivity contribution is 1.28. The second-order valence-corrected chi connectivity index (χ2v) is 14.4. The highest BCUT2D eigenvalue weighted by Gasteiger charge is 2.18. The highest BCUT2D eigenvalue weighted by Crippen LogP contribution is 2.43. The van der Waals surface area contributed by atoms with Gasteiger partial charge in [0.25, 0.3) is 0 Å². The molecule has 0 bridgehead atoms. The van der Waals surface area contributed by atoms with Gasteiger partial charge in [0, 0.05) is 37.1 Å². The quantitative estimate of drug-likeness (QED) is 0.169. The van der Waals surface area contributed by atoms with Gasteiger partial charge in [-0.05, 0) is 91.8 Å². The van der Waals surface area contributed by atoms with Crippen LogP contribution in [0.3, 0.4) is 0 Å². The zero-order valence-corrected chi connectivity index (χ0v) is 29.2. The van der Waals surface area contributed by atoms with Crippen LogP contribution in [0.15, 0.2) is 200 Å². The molecule has 0 amide bonds. The first-order chi connectivity index (χ1) is 25.8. The van der Waals surface area contributed by atoms with Crippen molar-refractivity contribution >= 4 is 70.1 Å². The largest absolute Gasteiger partial charge is 0.310 e. The van der Waals surface area contributed by atoms with Crippen LogP contribution in [0, 0.1) is 0 Å². The molecule has 0 N–H and O–H groups in total. The summed E-state index contributed by atoms with van der Waals surface area (Å²) in [4.78, 5) is 2.39. The van der Waals surface area contributed by atoms with E-state index in [0.717, 1.165) is 17.1 Å². The maximum atomic E-state index is 2.39. The van der Waals surface area contributed by atoms with E-state index < -0.39 is 0 Å². The molecule has 244 valence electrons. The van der Waals surface area contributed by atoms with Gasteiger partial charge in [0.2, 0.25) is 0 Å². The molecule has 0 saturated carbocycles. The van der Waals surface area contributed by atoms with Gasteiger partial charge in [0.05, 0.1) is 5.69 Å². The van der Waals surface area contributed by atoms with Gasteiger partial charge < -0.3 is 4.90 Å². The van der Waals surface area contributed by atoms with Crippen molar-refractivity contribution in [2.45, 2.75) is 0 Å². The fraction of sp³-hybridized carbons (Fsp3) is 0. The van der Waals surface area contributed by atoms with Crippen LogP contribution in [0.25, 0.3) is 75.1 Å². The summed E-state index contributed by atoms with van der Waals surface area (Å²) in [6, 6.07) is 72.8. The molecule has 10 rings (SSSR count). The fourth-order valence-electron chi connectivity index (χ4n) is 7.75. The standard InChI is InChI=1S/C50H33NS/c1-2-11-36(12-3-1)44-17-8-9-20-47(44)51(41-29-23-38(24-30-41)43-19-10-15-35-13-4-6-16-42(35)43)40-27-21-34(22-28-40)39-25-31-46-49(33-39)52-48-32-26-37-14-5-7-18-45(37)50(46)48/h1-33H. The molecule has 0 aliphatic rings. The van der Waals surface area contributed by atoms with Gasteiger partial charge in [-0.2, -0.15) is 0 Å².